The van der Waals surface area contributed by atoms with Gasteiger partial charge in [0, 0.05) is 22.8 Å². The van der Waals surface area contributed by atoms with Crippen LogP contribution in [0.1, 0.15) is 12.6 Å². The number of anilines is 2. The number of ether oxygens (including phenoxy) is 1. The number of hydrogen-bond acceptors (Lipinski definition) is 5. The van der Waals surface area contributed by atoms with Crippen LogP contribution >= 0.6 is 11.3 Å². The zero-order valence-electron chi connectivity index (χ0n) is 14.9. The average molecular weight is 366 g/mol. The van der Waals surface area contributed by atoms with E-state index in [2.05, 4.69) is 39.3 Å². The number of imidazole rings is 1. The molecule has 5 nitrogen and oxygen atoms in total. The standard InChI is InChI=1S/C20H19N3OS.H3N/c1-3-24-17-9-7-16(8-10-17)22-19-12-15(13-25-19)20-14(2)21-18-6-4-5-11-23(18)20;/h4-13,22H,3H2,1-2H3;1H3. The molecule has 4 aromatic rings. The van der Waals surface area contributed by atoms with Gasteiger partial charge >= 0.3 is 0 Å². The number of thiophene rings is 1. The Bertz CT molecular complexity index is 1000. The zero-order chi connectivity index (χ0) is 17.2. The zero-order valence-corrected chi connectivity index (χ0v) is 15.7. The van der Waals surface area contributed by atoms with Crippen molar-refractivity contribution in [2.24, 2.45) is 0 Å². The predicted octanol–water partition coefficient (Wildman–Crippen LogP) is 5.68. The number of hydrogen-bond donors (Lipinski definition) is 2. The molecule has 3 aromatic heterocycles. The van der Waals surface area contributed by atoms with Gasteiger partial charge in [-0.3, -0.25) is 4.40 Å². The second-order valence-electron chi connectivity index (χ2n) is 5.76. The van der Waals surface area contributed by atoms with Crippen LogP contribution in [0.3, 0.4) is 0 Å². The van der Waals surface area contributed by atoms with Crippen molar-refractivity contribution in [3.05, 3.63) is 65.8 Å². The number of aryl methyl sites for hydroxylation is 1. The van der Waals surface area contributed by atoms with Gasteiger partial charge in [-0.1, -0.05) is 6.07 Å². The van der Waals surface area contributed by atoms with Gasteiger partial charge in [-0.15, -0.1) is 11.3 Å². The first-order valence-corrected chi connectivity index (χ1v) is 9.15. The van der Waals surface area contributed by atoms with E-state index in [0.29, 0.717) is 6.61 Å². The molecule has 3 heterocycles. The van der Waals surface area contributed by atoms with E-state index >= 15 is 0 Å². The molecule has 0 saturated carbocycles. The third-order valence-corrected chi connectivity index (χ3v) is 4.86. The lowest BCUT2D eigenvalue weighted by Gasteiger charge is -2.06. The fraction of sp³-hybridized carbons (Fsp3) is 0.150. The Morgan fingerprint density at radius 3 is 2.73 bits per heavy atom. The van der Waals surface area contributed by atoms with Crippen LogP contribution in [0.5, 0.6) is 5.75 Å². The van der Waals surface area contributed by atoms with Crippen LogP contribution in [0.15, 0.2) is 60.1 Å². The van der Waals surface area contributed by atoms with Gasteiger partial charge in [-0.2, -0.15) is 0 Å². The Morgan fingerprint density at radius 2 is 1.96 bits per heavy atom. The molecule has 134 valence electrons. The monoisotopic (exact) mass is 366 g/mol. The fourth-order valence-electron chi connectivity index (χ4n) is 2.93. The lowest BCUT2D eigenvalue weighted by molar-refractivity contribution is 0.340. The molecular formula is C20H22N4OS. The Morgan fingerprint density at radius 1 is 1.15 bits per heavy atom. The summed E-state index contributed by atoms with van der Waals surface area (Å²) in [6, 6.07) is 16.3. The summed E-state index contributed by atoms with van der Waals surface area (Å²) in [5.74, 6) is 0.890. The maximum atomic E-state index is 5.48. The summed E-state index contributed by atoms with van der Waals surface area (Å²) < 4.78 is 7.62. The highest BCUT2D eigenvalue weighted by Gasteiger charge is 2.12. The molecule has 0 saturated heterocycles. The van der Waals surface area contributed by atoms with Crippen molar-refractivity contribution < 1.29 is 4.74 Å². The average Bonchev–Trinajstić information content (AvgIpc) is 3.19. The Labute approximate surface area is 156 Å². The van der Waals surface area contributed by atoms with Crippen LogP contribution in [-0.4, -0.2) is 16.0 Å². The van der Waals surface area contributed by atoms with E-state index in [-0.39, 0.29) is 6.15 Å². The molecule has 0 aliphatic carbocycles. The van der Waals surface area contributed by atoms with Crippen LogP contribution < -0.4 is 16.2 Å². The number of nitrogens with zero attached hydrogens (tertiary/aromatic N) is 2. The Balaban J connectivity index is 0.00000196. The molecular weight excluding hydrogens is 344 g/mol. The Kier molecular flexibility index (Phi) is 5.25. The molecule has 0 aliphatic rings. The topological polar surface area (TPSA) is 73.6 Å². The van der Waals surface area contributed by atoms with Gasteiger partial charge in [0.15, 0.2) is 0 Å². The van der Waals surface area contributed by atoms with E-state index in [1.54, 1.807) is 11.3 Å². The normalized spacial score (nSPS) is 10.5. The van der Waals surface area contributed by atoms with Crippen molar-refractivity contribution in [3.63, 3.8) is 0 Å². The summed E-state index contributed by atoms with van der Waals surface area (Å²) in [4.78, 5) is 4.64. The van der Waals surface area contributed by atoms with Crippen LogP contribution in [-0.2, 0) is 0 Å². The van der Waals surface area contributed by atoms with E-state index in [0.717, 1.165) is 33.5 Å². The first-order chi connectivity index (χ1) is 12.2. The van der Waals surface area contributed by atoms with Gasteiger partial charge in [0.25, 0.3) is 0 Å². The van der Waals surface area contributed by atoms with Crippen LogP contribution in [0.2, 0.25) is 0 Å². The fourth-order valence-corrected chi connectivity index (χ4v) is 3.74. The third kappa shape index (κ3) is 3.42. The predicted molar refractivity (Wildman–Crippen MR) is 109 cm³/mol. The number of pyridine rings is 1. The minimum atomic E-state index is 0. The van der Waals surface area contributed by atoms with Gasteiger partial charge in [0.1, 0.15) is 11.4 Å². The van der Waals surface area contributed by atoms with Crippen molar-refractivity contribution in [1.82, 2.24) is 15.5 Å². The quantitative estimate of drug-likeness (QED) is 0.477. The van der Waals surface area contributed by atoms with Crippen molar-refractivity contribution in [2.45, 2.75) is 13.8 Å². The van der Waals surface area contributed by atoms with E-state index in [9.17, 15) is 0 Å². The summed E-state index contributed by atoms with van der Waals surface area (Å²) in [6.07, 6.45) is 2.06. The van der Waals surface area contributed by atoms with Crippen LogP contribution in [0.4, 0.5) is 10.7 Å². The molecule has 0 atom stereocenters. The van der Waals surface area contributed by atoms with Gasteiger partial charge in [0.2, 0.25) is 0 Å². The third-order valence-electron chi connectivity index (χ3n) is 4.01. The lowest BCUT2D eigenvalue weighted by atomic mass is 10.2. The summed E-state index contributed by atoms with van der Waals surface area (Å²) in [6.45, 7) is 4.72. The summed E-state index contributed by atoms with van der Waals surface area (Å²) in [5, 5.41) is 6.72. The molecule has 0 unspecified atom stereocenters. The highest BCUT2D eigenvalue weighted by Crippen LogP contribution is 2.33. The van der Waals surface area contributed by atoms with Gasteiger partial charge in [-0.05, 0) is 56.3 Å². The number of rotatable bonds is 5. The maximum absolute atomic E-state index is 5.48. The maximum Gasteiger partial charge on any atom is 0.137 e. The van der Waals surface area contributed by atoms with Gasteiger partial charge in [-0.25, -0.2) is 4.98 Å². The molecule has 4 N–H and O–H groups in total. The molecule has 0 aliphatic heterocycles. The molecule has 1 aromatic carbocycles. The molecule has 0 fully saturated rings. The molecule has 0 spiro atoms. The number of aromatic nitrogens is 2. The molecule has 6 heteroatoms. The van der Waals surface area contributed by atoms with E-state index < -0.39 is 0 Å². The number of benzene rings is 1. The SMILES string of the molecule is CCOc1ccc(Nc2cc(-c3c(C)nc4ccccn34)cs2)cc1.N. The van der Waals surface area contributed by atoms with E-state index in [4.69, 9.17) is 4.74 Å². The summed E-state index contributed by atoms with van der Waals surface area (Å²) in [7, 11) is 0. The number of nitrogens with one attached hydrogen (secondary N) is 1. The van der Waals surface area contributed by atoms with E-state index in [1.807, 2.05) is 49.4 Å². The highest BCUT2D eigenvalue weighted by molar-refractivity contribution is 7.14. The smallest absolute Gasteiger partial charge is 0.137 e. The molecule has 0 bridgehead atoms. The highest BCUT2D eigenvalue weighted by atomic mass is 32.1. The lowest BCUT2D eigenvalue weighted by Crippen LogP contribution is -1.92. The van der Waals surface area contributed by atoms with Crippen molar-refractivity contribution >= 4 is 27.7 Å². The second kappa shape index (κ2) is 7.59. The minimum absolute atomic E-state index is 0. The van der Waals surface area contributed by atoms with Crippen LogP contribution in [0.25, 0.3) is 16.9 Å². The molecule has 4 rings (SSSR count). The van der Waals surface area contributed by atoms with Crippen molar-refractivity contribution in [1.29, 1.82) is 0 Å². The molecule has 0 amide bonds. The second-order valence-corrected chi connectivity index (χ2v) is 6.67. The van der Waals surface area contributed by atoms with Crippen molar-refractivity contribution in [2.75, 3.05) is 11.9 Å². The van der Waals surface area contributed by atoms with Gasteiger partial charge in [0.05, 0.1) is 23.0 Å². The van der Waals surface area contributed by atoms with Crippen molar-refractivity contribution in [3.8, 4) is 17.0 Å². The van der Waals surface area contributed by atoms with Crippen LogP contribution in [0, 0.1) is 6.92 Å². The first kappa shape index (κ1) is 18.0. The summed E-state index contributed by atoms with van der Waals surface area (Å²) in [5.41, 5.74) is 5.38. The largest absolute Gasteiger partial charge is 0.494 e. The summed E-state index contributed by atoms with van der Waals surface area (Å²) >= 11 is 1.69. The molecule has 26 heavy (non-hydrogen) atoms. The van der Waals surface area contributed by atoms with E-state index in [1.165, 1.54) is 5.56 Å². The van der Waals surface area contributed by atoms with Gasteiger partial charge < -0.3 is 16.2 Å². The molecule has 0 radical (unpaired) electrons. The first-order valence-electron chi connectivity index (χ1n) is 8.27. The number of fused-ring (bicyclic) bond motifs is 1. The Hall–Kier alpha value is -2.83. The minimum Gasteiger partial charge on any atom is -0.494 e.